The Labute approximate surface area is 101 Å². The lowest BCUT2D eigenvalue weighted by molar-refractivity contribution is 0.111. The molecular weight excluding hydrogens is 216 g/mol. The van der Waals surface area contributed by atoms with Gasteiger partial charge in [-0.25, -0.2) is 9.97 Å². The molecule has 17 heavy (non-hydrogen) atoms. The normalized spacial score (nSPS) is 24.0. The molecule has 0 saturated heterocycles. The first-order chi connectivity index (χ1) is 8.29. The van der Waals surface area contributed by atoms with Crippen LogP contribution in [0.5, 0.6) is 0 Å². The number of nitriles is 1. The SMILES string of the molecule is N#Cc1nccnc1NCC1CCC(O)CC1. The lowest BCUT2D eigenvalue weighted by Gasteiger charge is -2.25. The number of aliphatic hydroxyl groups excluding tert-OH is 1. The minimum Gasteiger partial charge on any atom is -0.393 e. The predicted molar refractivity (Wildman–Crippen MR) is 63.2 cm³/mol. The topological polar surface area (TPSA) is 81.8 Å². The largest absolute Gasteiger partial charge is 0.393 e. The van der Waals surface area contributed by atoms with E-state index in [2.05, 4.69) is 15.3 Å². The van der Waals surface area contributed by atoms with Gasteiger partial charge in [-0.3, -0.25) is 0 Å². The minimum atomic E-state index is -0.127. The zero-order valence-corrected chi connectivity index (χ0v) is 9.63. The first kappa shape index (κ1) is 11.8. The van der Waals surface area contributed by atoms with Crippen LogP contribution in [0, 0.1) is 17.2 Å². The summed E-state index contributed by atoms with van der Waals surface area (Å²) in [6.45, 7) is 0.792. The van der Waals surface area contributed by atoms with Crippen molar-refractivity contribution in [3.05, 3.63) is 18.1 Å². The number of hydrogen-bond donors (Lipinski definition) is 2. The van der Waals surface area contributed by atoms with Crippen LogP contribution >= 0.6 is 0 Å². The molecule has 1 aromatic rings. The second kappa shape index (κ2) is 5.60. The van der Waals surface area contributed by atoms with E-state index in [-0.39, 0.29) is 6.10 Å². The molecule has 1 saturated carbocycles. The van der Waals surface area contributed by atoms with Gasteiger partial charge >= 0.3 is 0 Å². The monoisotopic (exact) mass is 232 g/mol. The average molecular weight is 232 g/mol. The third-order valence-electron chi connectivity index (χ3n) is 3.18. The molecule has 1 aliphatic carbocycles. The van der Waals surface area contributed by atoms with Gasteiger partial charge < -0.3 is 10.4 Å². The predicted octanol–water partition coefficient (Wildman–Crippen LogP) is 1.31. The Bertz CT molecular complexity index is 407. The number of aromatic nitrogens is 2. The van der Waals surface area contributed by atoms with E-state index in [1.54, 1.807) is 6.20 Å². The van der Waals surface area contributed by atoms with Crippen molar-refractivity contribution in [1.29, 1.82) is 5.26 Å². The van der Waals surface area contributed by atoms with Gasteiger partial charge in [-0.15, -0.1) is 0 Å². The summed E-state index contributed by atoms with van der Waals surface area (Å²) in [7, 11) is 0. The molecule has 0 aliphatic heterocycles. The highest BCUT2D eigenvalue weighted by atomic mass is 16.3. The maximum atomic E-state index is 9.41. The third-order valence-corrected chi connectivity index (χ3v) is 3.18. The Morgan fingerprint density at radius 3 is 2.71 bits per heavy atom. The Balaban J connectivity index is 1.88. The highest BCUT2D eigenvalue weighted by Crippen LogP contribution is 2.24. The fraction of sp³-hybridized carbons (Fsp3) is 0.583. The molecule has 2 rings (SSSR count). The zero-order chi connectivity index (χ0) is 12.1. The van der Waals surface area contributed by atoms with E-state index in [4.69, 9.17) is 5.26 Å². The summed E-state index contributed by atoms with van der Waals surface area (Å²) in [5, 5.41) is 21.4. The molecule has 1 aromatic heterocycles. The maximum absolute atomic E-state index is 9.41. The van der Waals surface area contributed by atoms with Gasteiger partial charge in [0, 0.05) is 18.9 Å². The summed E-state index contributed by atoms with van der Waals surface area (Å²) >= 11 is 0. The quantitative estimate of drug-likeness (QED) is 0.821. The van der Waals surface area contributed by atoms with Crippen LogP contribution < -0.4 is 5.32 Å². The summed E-state index contributed by atoms with van der Waals surface area (Å²) < 4.78 is 0. The lowest BCUT2D eigenvalue weighted by Crippen LogP contribution is -2.24. The summed E-state index contributed by atoms with van der Waals surface area (Å²) in [6.07, 6.45) is 6.76. The van der Waals surface area contributed by atoms with E-state index >= 15 is 0 Å². The Morgan fingerprint density at radius 1 is 1.29 bits per heavy atom. The molecule has 1 aliphatic rings. The zero-order valence-electron chi connectivity index (χ0n) is 9.63. The van der Waals surface area contributed by atoms with Gasteiger partial charge in [0.1, 0.15) is 6.07 Å². The van der Waals surface area contributed by atoms with E-state index < -0.39 is 0 Å². The fourth-order valence-corrected chi connectivity index (χ4v) is 2.14. The molecule has 1 fully saturated rings. The third kappa shape index (κ3) is 3.14. The second-order valence-corrected chi connectivity index (χ2v) is 4.42. The van der Waals surface area contributed by atoms with E-state index in [0.717, 1.165) is 32.2 Å². The van der Waals surface area contributed by atoms with Crippen molar-refractivity contribution in [1.82, 2.24) is 9.97 Å². The summed E-state index contributed by atoms with van der Waals surface area (Å²) in [5.41, 5.74) is 0.336. The molecule has 0 atom stereocenters. The smallest absolute Gasteiger partial charge is 0.182 e. The molecule has 0 radical (unpaired) electrons. The molecule has 5 nitrogen and oxygen atoms in total. The lowest BCUT2D eigenvalue weighted by atomic mass is 9.87. The van der Waals surface area contributed by atoms with E-state index in [9.17, 15) is 5.11 Å². The molecule has 0 spiro atoms. The average Bonchev–Trinajstić information content (AvgIpc) is 2.38. The van der Waals surface area contributed by atoms with Crippen LogP contribution in [0.1, 0.15) is 31.4 Å². The summed E-state index contributed by atoms with van der Waals surface area (Å²) in [5.74, 6) is 1.10. The second-order valence-electron chi connectivity index (χ2n) is 4.42. The highest BCUT2D eigenvalue weighted by molar-refractivity contribution is 5.46. The molecule has 0 unspecified atom stereocenters. The number of nitrogens with one attached hydrogen (secondary N) is 1. The highest BCUT2D eigenvalue weighted by Gasteiger charge is 2.19. The first-order valence-corrected chi connectivity index (χ1v) is 5.92. The van der Waals surface area contributed by atoms with Crippen molar-refractivity contribution in [2.75, 3.05) is 11.9 Å². The Kier molecular flexibility index (Phi) is 3.89. The van der Waals surface area contributed by atoms with Crippen LogP contribution in [0.3, 0.4) is 0 Å². The minimum absolute atomic E-state index is 0.127. The van der Waals surface area contributed by atoms with E-state index in [0.29, 0.717) is 17.4 Å². The first-order valence-electron chi connectivity index (χ1n) is 5.92. The molecule has 0 amide bonds. The van der Waals surface area contributed by atoms with Gasteiger partial charge in [-0.05, 0) is 31.6 Å². The van der Waals surface area contributed by atoms with Crippen molar-refractivity contribution in [3.8, 4) is 6.07 Å². The van der Waals surface area contributed by atoms with Crippen molar-refractivity contribution < 1.29 is 5.11 Å². The van der Waals surface area contributed by atoms with Gasteiger partial charge in [-0.1, -0.05) is 0 Å². The van der Waals surface area contributed by atoms with Gasteiger partial charge in [-0.2, -0.15) is 5.26 Å². The molecular formula is C12H16N4O. The molecule has 90 valence electrons. The maximum Gasteiger partial charge on any atom is 0.182 e. The number of anilines is 1. The summed E-state index contributed by atoms with van der Waals surface area (Å²) in [6, 6.07) is 2.01. The number of rotatable bonds is 3. The standard InChI is InChI=1S/C12H16N4O/c13-7-11-12(15-6-5-14-11)16-8-9-1-3-10(17)4-2-9/h5-6,9-10,17H,1-4,8H2,(H,15,16). The van der Waals surface area contributed by atoms with Gasteiger partial charge in [0.2, 0.25) is 0 Å². The van der Waals surface area contributed by atoms with Crippen LogP contribution in [-0.4, -0.2) is 27.7 Å². The Morgan fingerprint density at radius 2 is 2.00 bits per heavy atom. The number of nitrogens with zero attached hydrogens (tertiary/aromatic N) is 3. The van der Waals surface area contributed by atoms with Gasteiger partial charge in [0.05, 0.1) is 6.10 Å². The van der Waals surface area contributed by atoms with Gasteiger partial charge in [0.15, 0.2) is 11.5 Å². The van der Waals surface area contributed by atoms with E-state index in [1.807, 2.05) is 6.07 Å². The van der Waals surface area contributed by atoms with Crippen LogP contribution in [0.2, 0.25) is 0 Å². The van der Waals surface area contributed by atoms with Crippen LogP contribution in [-0.2, 0) is 0 Å². The fourth-order valence-electron chi connectivity index (χ4n) is 2.14. The van der Waals surface area contributed by atoms with Crippen LogP contribution in [0.25, 0.3) is 0 Å². The molecule has 0 bridgehead atoms. The van der Waals surface area contributed by atoms with Crippen molar-refractivity contribution in [3.63, 3.8) is 0 Å². The van der Waals surface area contributed by atoms with Crippen molar-refractivity contribution in [2.24, 2.45) is 5.92 Å². The molecule has 0 aromatic carbocycles. The van der Waals surface area contributed by atoms with Crippen LogP contribution in [0.15, 0.2) is 12.4 Å². The van der Waals surface area contributed by atoms with Gasteiger partial charge in [0.25, 0.3) is 0 Å². The van der Waals surface area contributed by atoms with Crippen LogP contribution in [0.4, 0.5) is 5.82 Å². The van der Waals surface area contributed by atoms with Crippen molar-refractivity contribution in [2.45, 2.75) is 31.8 Å². The molecule has 2 N–H and O–H groups in total. The molecule has 1 heterocycles. The number of aliphatic hydroxyl groups is 1. The van der Waals surface area contributed by atoms with E-state index in [1.165, 1.54) is 6.20 Å². The number of hydrogen-bond acceptors (Lipinski definition) is 5. The summed E-state index contributed by atoms with van der Waals surface area (Å²) in [4.78, 5) is 8.05. The molecule has 5 heteroatoms. The Hall–Kier alpha value is -1.67. The van der Waals surface area contributed by atoms with Crippen molar-refractivity contribution >= 4 is 5.82 Å².